The normalized spacial score (nSPS) is 17.9. The van der Waals surface area contributed by atoms with Gasteiger partial charge in [0, 0.05) is 29.0 Å². The van der Waals surface area contributed by atoms with Crippen LogP contribution >= 0.6 is 23.4 Å². The van der Waals surface area contributed by atoms with E-state index in [9.17, 15) is 4.79 Å². The van der Waals surface area contributed by atoms with Crippen molar-refractivity contribution in [3.05, 3.63) is 63.9 Å². The van der Waals surface area contributed by atoms with Crippen molar-refractivity contribution in [2.75, 3.05) is 13.1 Å². The van der Waals surface area contributed by atoms with E-state index in [0.29, 0.717) is 28.9 Å². The van der Waals surface area contributed by atoms with E-state index < -0.39 is 0 Å². The van der Waals surface area contributed by atoms with E-state index in [1.807, 2.05) is 53.1 Å². The van der Waals surface area contributed by atoms with E-state index in [1.54, 1.807) is 0 Å². The molecule has 0 spiro atoms. The van der Waals surface area contributed by atoms with Gasteiger partial charge in [0.25, 0.3) is 5.56 Å². The quantitative estimate of drug-likeness (QED) is 0.516. The maximum atomic E-state index is 13.4. The zero-order valence-electron chi connectivity index (χ0n) is 16.8. The van der Waals surface area contributed by atoms with Gasteiger partial charge in [-0.05, 0) is 75.5 Å². The molecule has 0 radical (unpaired) electrons. The lowest BCUT2D eigenvalue weighted by molar-refractivity contribution is 0.128. The largest absolute Gasteiger partial charge is 0.301 e. The van der Waals surface area contributed by atoms with Gasteiger partial charge in [-0.1, -0.05) is 35.5 Å². The Hall–Kier alpha value is -1.82. The molecule has 1 aliphatic rings. The summed E-state index contributed by atoms with van der Waals surface area (Å²) in [5.41, 5.74) is 0.798. The number of halogens is 1. The molecular formula is C23H26ClN3OS. The fourth-order valence-corrected chi connectivity index (χ4v) is 4.99. The molecule has 0 N–H and O–H groups in total. The van der Waals surface area contributed by atoms with Crippen molar-refractivity contribution in [1.82, 2.24) is 14.5 Å². The molecule has 0 saturated carbocycles. The van der Waals surface area contributed by atoms with E-state index in [4.69, 9.17) is 16.6 Å². The van der Waals surface area contributed by atoms with Crippen molar-refractivity contribution in [3.8, 4) is 0 Å². The number of nitrogens with zero attached hydrogens (tertiary/aromatic N) is 3. The van der Waals surface area contributed by atoms with Gasteiger partial charge in [-0.3, -0.25) is 9.36 Å². The minimum Gasteiger partial charge on any atom is -0.301 e. The highest BCUT2D eigenvalue weighted by molar-refractivity contribution is 7.99. The Morgan fingerprint density at radius 2 is 1.93 bits per heavy atom. The molecule has 0 bridgehead atoms. The Labute approximate surface area is 180 Å². The fourth-order valence-electron chi connectivity index (χ4n) is 3.97. The van der Waals surface area contributed by atoms with Crippen molar-refractivity contribution < 1.29 is 0 Å². The molecule has 152 valence electrons. The lowest BCUT2D eigenvalue weighted by atomic mass is 9.97. The summed E-state index contributed by atoms with van der Waals surface area (Å²) in [6, 6.07) is 15.8. The van der Waals surface area contributed by atoms with E-state index in [1.165, 1.54) is 18.2 Å². The first-order valence-corrected chi connectivity index (χ1v) is 11.4. The molecule has 0 unspecified atom stereocenters. The van der Waals surface area contributed by atoms with Gasteiger partial charge in [-0.15, -0.1) is 0 Å². The summed E-state index contributed by atoms with van der Waals surface area (Å²) >= 11 is 7.56. The monoisotopic (exact) mass is 427 g/mol. The second-order valence-corrected chi connectivity index (χ2v) is 9.46. The SMILES string of the molecule is CC(C)N1CCC[C@H](Cn2c(Sc3ccc(Cl)cc3)nc3ccccc3c2=O)C1. The van der Waals surface area contributed by atoms with E-state index in [-0.39, 0.29) is 5.56 Å². The number of rotatable bonds is 5. The van der Waals surface area contributed by atoms with Crippen LogP contribution < -0.4 is 5.56 Å². The Morgan fingerprint density at radius 1 is 1.17 bits per heavy atom. The van der Waals surface area contributed by atoms with Crippen LogP contribution in [0.1, 0.15) is 26.7 Å². The summed E-state index contributed by atoms with van der Waals surface area (Å²) in [6.45, 7) is 7.37. The molecule has 29 heavy (non-hydrogen) atoms. The molecule has 1 atom stereocenters. The summed E-state index contributed by atoms with van der Waals surface area (Å²) in [4.78, 5) is 21.7. The lowest BCUT2D eigenvalue weighted by Crippen LogP contribution is -2.42. The Bertz CT molecular complexity index is 1050. The van der Waals surface area contributed by atoms with Crippen molar-refractivity contribution in [2.45, 2.75) is 49.3 Å². The van der Waals surface area contributed by atoms with Crippen LogP contribution in [0.15, 0.2) is 63.4 Å². The standard InChI is InChI=1S/C23H26ClN3OS/c1-16(2)26-13-5-6-17(14-26)15-27-22(28)20-7-3-4-8-21(20)25-23(27)29-19-11-9-18(24)10-12-19/h3-4,7-12,16-17H,5-6,13-15H2,1-2H3/t17-/m0/s1. The van der Waals surface area contributed by atoms with Crippen molar-refractivity contribution in [2.24, 2.45) is 5.92 Å². The van der Waals surface area contributed by atoms with Crippen LogP contribution in [0.3, 0.4) is 0 Å². The van der Waals surface area contributed by atoms with E-state index >= 15 is 0 Å². The summed E-state index contributed by atoms with van der Waals surface area (Å²) in [5, 5.41) is 2.14. The maximum absolute atomic E-state index is 13.4. The highest BCUT2D eigenvalue weighted by Gasteiger charge is 2.24. The van der Waals surface area contributed by atoms with Gasteiger partial charge >= 0.3 is 0 Å². The van der Waals surface area contributed by atoms with Gasteiger partial charge in [0.05, 0.1) is 10.9 Å². The number of hydrogen-bond donors (Lipinski definition) is 0. The first-order valence-electron chi connectivity index (χ1n) is 10.2. The van der Waals surface area contributed by atoms with Gasteiger partial charge in [0.1, 0.15) is 0 Å². The van der Waals surface area contributed by atoms with Gasteiger partial charge in [-0.2, -0.15) is 0 Å². The smallest absolute Gasteiger partial charge is 0.262 e. The molecule has 1 aliphatic heterocycles. The molecule has 2 aromatic carbocycles. The zero-order chi connectivity index (χ0) is 20.4. The molecule has 1 saturated heterocycles. The molecular weight excluding hydrogens is 402 g/mol. The Morgan fingerprint density at radius 3 is 2.69 bits per heavy atom. The van der Waals surface area contributed by atoms with Crippen LogP contribution in [-0.4, -0.2) is 33.6 Å². The van der Waals surface area contributed by atoms with Crippen LogP contribution in [0.4, 0.5) is 0 Å². The molecule has 4 nitrogen and oxygen atoms in total. The lowest BCUT2D eigenvalue weighted by Gasteiger charge is -2.35. The average molecular weight is 428 g/mol. The molecule has 1 fully saturated rings. The number of likely N-dealkylation sites (tertiary alicyclic amines) is 1. The molecule has 0 amide bonds. The third-order valence-corrected chi connectivity index (χ3v) is 6.82. The third-order valence-electron chi connectivity index (χ3n) is 5.57. The van der Waals surface area contributed by atoms with Crippen LogP contribution in [-0.2, 0) is 6.54 Å². The highest BCUT2D eigenvalue weighted by atomic mass is 35.5. The number of benzene rings is 2. The van der Waals surface area contributed by atoms with E-state index in [2.05, 4.69) is 18.7 Å². The highest BCUT2D eigenvalue weighted by Crippen LogP contribution is 2.29. The number of aromatic nitrogens is 2. The van der Waals surface area contributed by atoms with Crippen LogP contribution in [0.5, 0.6) is 0 Å². The second-order valence-electron chi connectivity index (χ2n) is 7.98. The molecule has 3 aromatic rings. The topological polar surface area (TPSA) is 38.1 Å². The summed E-state index contributed by atoms with van der Waals surface area (Å²) < 4.78 is 1.89. The average Bonchev–Trinajstić information content (AvgIpc) is 2.73. The zero-order valence-corrected chi connectivity index (χ0v) is 18.4. The number of para-hydroxylation sites is 1. The molecule has 0 aliphatic carbocycles. The van der Waals surface area contributed by atoms with Crippen LogP contribution in [0.2, 0.25) is 5.02 Å². The molecule has 1 aromatic heterocycles. The van der Waals surface area contributed by atoms with Crippen molar-refractivity contribution in [3.63, 3.8) is 0 Å². The third kappa shape index (κ3) is 4.68. The number of fused-ring (bicyclic) bond motifs is 1. The summed E-state index contributed by atoms with van der Waals surface area (Å²) in [5.74, 6) is 0.455. The van der Waals surface area contributed by atoms with E-state index in [0.717, 1.165) is 35.1 Å². The number of piperidine rings is 1. The Kier molecular flexibility index (Phi) is 6.28. The van der Waals surface area contributed by atoms with Gasteiger partial charge < -0.3 is 4.90 Å². The predicted octanol–water partition coefficient (Wildman–Crippen LogP) is 5.32. The van der Waals surface area contributed by atoms with Gasteiger partial charge in [0.15, 0.2) is 5.16 Å². The maximum Gasteiger partial charge on any atom is 0.262 e. The van der Waals surface area contributed by atoms with Gasteiger partial charge in [0.2, 0.25) is 0 Å². The first-order chi connectivity index (χ1) is 14.0. The molecule has 6 heteroatoms. The van der Waals surface area contributed by atoms with Crippen molar-refractivity contribution >= 4 is 34.3 Å². The fraction of sp³-hybridized carbons (Fsp3) is 0.391. The second kappa shape index (κ2) is 8.90. The Balaban J connectivity index is 1.71. The van der Waals surface area contributed by atoms with Gasteiger partial charge in [-0.25, -0.2) is 4.98 Å². The van der Waals surface area contributed by atoms with Crippen LogP contribution in [0, 0.1) is 5.92 Å². The first kappa shape index (κ1) is 20.5. The van der Waals surface area contributed by atoms with Crippen molar-refractivity contribution in [1.29, 1.82) is 0 Å². The van der Waals surface area contributed by atoms with Crippen LogP contribution in [0.25, 0.3) is 10.9 Å². The summed E-state index contributed by atoms with van der Waals surface area (Å²) in [6.07, 6.45) is 2.33. The molecule has 4 rings (SSSR count). The minimum atomic E-state index is 0.0498. The number of hydrogen-bond acceptors (Lipinski definition) is 4. The minimum absolute atomic E-state index is 0.0498. The predicted molar refractivity (Wildman–Crippen MR) is 121 cm³/mol. The summed E-state index contributed by atoms with van der Waals surface area (Å²) in [7, 11) is 0. The molecule has 2 heterocycles.